The second-order valence-corrected chi connectivity index (χ2v) is 8.39. The fourth-order valence-electron chi connectivity index (χ4n) is 4.08. The van der Waals surface area contributed by atoms with Crippen molar-refractivity contribution in [2.45, 2.75) is 44.8 Å². The van der Waals surface area contributed by atoms with Gasteiger partial charge in [-0.1, -0.05) is 6.07 Å². The normalized spacial score (nSPS) is 17.1. The Morgan fingerprint density at radius 2 is 2.16 bits per heavy atom. The van der Waals surface area contributed by atoms with Gasteiger partial charge in [-0.15, -0.1) is 5.10 Å². The lowest BCUT2D eigenvalue weighted by Gasteiger charge is -2.29. The lowest BCUT2D eigenvalue weighted by molar-refractivity contribution is 0.102. The number of nitrogens with zero attached hydrogens (tertiary/aromatic N) is 6. The van der Waals surface area contributed by atoms with Crippen molar-refractivity contribution in [3.8, 4) is 11.5 Å². The number of aromatic nitrogens is 5. The number of hydrogen-bond acceptors (Lipinski definition) is 7. The largest absolute Gasteiger partial charge is 0.394 e. The maximum absolute atomic E-state index is 14.7. The molecule has 2 aromatic heterocycles. The first-order chi connectivity index (χ1) is 15.5. The van der Waals surface area contributed by atoms with Crippen LogP contribution in [-0.4, -0.2) is 60.3 Å². The Hall–Kier alpha value is -3.24. The molecule has 1 fully saturated rings. The molecule has 3 heterocycles. The number of nitrogens with one attached hydrogen (secondary N) is 1. The molecule has 9 nitrogen and oxygen atoms in total. The van der Waals surface area contributed by atoms with E-state index in [9.17, 15) is 14.3 Å². The number of amides is 1. The second kappa shape index (κ2) is 8.36. The Bertz CT molecular complexity index is 1160. The van der Waals surface area contributed by atoms with Crippen LogP contribution in [0.3, 0.4) is 0 Å². The third-order valence-corrected chi connectivity index (χ3v) is 6.03. The van der Waals surface area contributed by atoms with E-state index in [-0.39, 0.29) is 24.0 Å². The van der Waals surface area contributed by atoms with E-state index in [2.05, 4.69) is 30.7 Å². The van der Waals surface area contributed by atoms with Gasteiger partial charge in [0.1, 0.15) is 17.3 Å². The van der Waals surface area contributed by atoms with Crippen molar-refractivity contribution in [2.24, 2.45) is 0 Å². The van der Waals surface area contributed by atoms with Crippen LogP contribution in [0, 0.1) is 5.82 Å². The molecule has 1 amide bonds. The van der Waals surface area contributed by atoms with Gasteiger partial charge in [0.15, 0.2) is 0 Å². The number of halogens is 1. The van der Waals surface area contributed by atoms with Gasteiger partial charge in [-0.3, -0.25) is 9.69 Å². The lowest BCUT2D eigenvalue weighted by Crippen LogP contribution is -2.32. The summed E-state index contributed by atoms with van der Waals surface area (Å²) in [4.78, 5) is 19.7. The number of hydrogen-bond donors (Lipinski definition) is 2. The van der Waals surface area contributed by atoms with E-state index in [4.69, 9.17) is 0 Å². The SMILES string of the molecule is C[C@H](CO)n1nnnc1-c1cccc(NC(=O)c2cc3c(cc2F)CCN(C2CC2)C3)n1. The van der Waals surface area contributed by atoms with Gasteiger partial charge in [-0.25, -0.2) is 14.1 Å². The van der Waals surface area contributed by atoms with Crippen LogP contribution >= 0.6 is 0 Å². The monoisotopic (exact) mass is 437 g/mol. The van der Waals surface area contributed by atoms with Gasteiger partial charge >= 0.3 is 0 Å². The average Bonchev–Trinajstić information content (AvgIpc) is 3.54. The summed E-state index contributed by atoms with van der Waals surface area (Å²) in [5.74, 6) is -0.460. The van der Waals surface area contributed by atoms with Gasteiger partial charge in [0.2, 0.25) is 5.82 Å². The predicted molar refractivity (Wildman–Crippen MR) is 114 cm³/mol. The van der Waals surface area contributed by atoms with E-state index in [0.29, 0.717) is 17.6 Å². The van der Waals surface area contributed by atoms with Gasteiger partial charge in [-0.05, 0) is 72.0 Å². The molecule has 1 aliphatic heterocycles. The van der Waals surface area contributed by atoms with E-state index in [1.54, 1.807) is 31.2 Å². The zero-order chi connectivity index (χ0) is 22.2. The highest BCUT2D eigenvalue weighted by Crippen LogP contribution is 2.32. The van der Waals surface area contributed by atoms with Gasteiger partial charge < -0.3 is 10.4 Å². The fraction of sp³-hybridized carbons (Fsp3) is 0.409. The zero-order valence-corrected chi connectivity index (χ0v) is 17.7. The summed E-state index contributed by atoms with van der Waals surface area (Å²) in [7, 11) is 0. The van der Waals surface area contributed by atoms with Gasteiger partial charge in [0.05, 0.1) is 18.2 Å². The van der Waals surface area contributed by atoms with E-state index in [0.717, 1.165) is 30.6 Å². The van der Waals surface area contributed by atoms with Crippen molar-refractivity contribution < 1.29 is 14.3 Å². The predicted octanol–water partition coefficient (Wildman–Crippen LogP) is 2.20. The molecule has 1 atom stereocenters. The summed E-state index contributed by atoms with van der Waals surface area (Å²) >= 11 is 0. The van der Waals surface area contributed by atoms with E-state index in [1.165, 1.54) is 23.6 Å². The zero-order valence-electron chi connectivity index (χ0n) is 17.7. The van der Waals surface area contributed by atoms with Crippen LogP contribution in [0.1, 0.15) is 47.3 Å². The molecule has 3 aromatic rings. The topological polar surface area (TPSA) is 109 Å². The first-order valence-corrected chi connectivity index (χ1v) is 10.8. The highest BCUT2D eigenvalue weighted by molar-refractivity contribution is 6.04. The third-order valence-electron chi connectivity index (χ3n) is 6.03. The standard InChI is InChI=1S/C22H24FN7O2/c1-13(12-31)30-21(26-27-28-30)19-3-2-4-20(24-19)25-22(32)17-9-15-11-29(16-5-6-16)8-7-14(15)10-18(17)23/h2-4,9-10,13,16,31H,5-8,11-12H2,1H3,(H,24,25,32)/t13-/m1/s1. The molecule has 32 heavy (non-hydrogen) atoms. The molecule has 0 unspecified atom stereocenters. The molecule has 166 valence electrons. The fourth-order valence-corrected chi connectivity index (χ4v) is 4.08. The Kier molecular flexibility index (Phi) is 5.40. The highest BCUT2D eigenvalue weighted by atomic mass is 19.1. The molecule has 0 spiro atoms. The Morgan fingerprint density at radius 3 is 2.94 bits per heavy atom. The van der Waals surface area contributed by atoms with Gasteiger partial charge in [0, 0.05) is 19.1 Å². The van der Waals surface area contributed by atoms with Crippen LogP contribution in [0.25, 0.3) is 11.5 Å². The molecular weight excluding hydrogens is 413 g/mol. The van der Waals surface area contributed by atoms with Gasteiger partial charge in [-0.2, -0.15) is 0 Å². The number of fused-ring (bicyclic) bond motifs is 1. The maximum Gasteiger partial charge on any atom is 0.259 e. The molecular formula is C22H24FN7O2. The highest BCUT2D eigenvalue weighted by Gasteiger charge is 2.32. The number of rotatable bonds is 6. The summed E-state index contributed by atoms with van der Waals surface area (Å²) < 4.78 is 16.2. The minimum Gasteiger partial charge on any atom is -0.394 e. The maximum atomic E-state index is 14.7. The summed E-state index contributed by atoms with van der Waals surface area (Å²) in [6.07, 6.45) is 3.23. The van der Waals surface area contributed by atoms with Gasteiger partial charge in [0.25, 0.3) is 5.91 Å². The quantitative estimate of drug-likeness (QED) is 0.608. The number of aliphatic hydroxyl groups excluding tert-OH is 1. The summed E-state index contributed by atoms with van der Waals surface area (Å²) in [6.45, 7) is 3.33. The minimum atomic E-state index is -0.554. The number of carbonyl (C=O) groups is 1. The summed E-state index contributed by atoms with van der Waals surface area (Å²) in [5.41, 5.74) is 2.42. The van der Waals surface area contributed by atoms with Crippen LogP contribution in [-0.2, 0) is 13.0 Å². The molecule has 2 aliphatic rings. The van der Waals surface area contributed by atoms with Crippen molar-refractivity contribution in [3.63, 3.8) is 0 Å². The summed E-state index contributed by atoms with van der Waals surface area (Å²) in [6, 6.07) is 8.48. The van der Waals surface area contributed by atoms with E-state index >= 15 is 0 Å². The van der Waals surface area contributed by atoms with Crippen LogP contribution in [0.15, 0.2) is 30.3 Å². The second-order valence-electron chi connectivity index (χ2n) is 8.39. The van der Waals surface area contributed by atoms with Crippen molar-refractivity contribution >= 4 is 11.7 Å². The average molecular weight is 437 g/mol. The Labute approximate surface area is 184 Å². The molecule has 0 radical (unpaired) electrons. The first-order valence-electron chi connectivity index (χ1n) is 10.8. The van der Waals surface area contributed by atoms with Crippen molar-refractivity contribution in [1.29, 1.82) is 0 Å². The van der Waals surface area contributed by atoms with Crippen molar-refractivity contribution in [1.82, 2.24) is 30.1 Å². The van der Waals surface area contributed by atoms with E-state index in [1.807, 2.05) is 0 Å². The number of pyridine rings is 1. The molecule has 1 saturated carbocycles. The van der Waals surface area contributed by atoms with Crippen molar-refractivity contribution in [3.05, 3.63) is 52.8 Å². The number of benzene rings is 1. The number of aliphatic hydroxyl groups is 1. The number of anilines is 1. The van der Waals surface area contributed by atoms with Crippen LogP contribution in [0.5, 0.6) is 0 Å². The smallest absolute Gasteiger partial charge is 0.259 e. The van der Waals surface area contributed by atoms with Crippen LogP contribution < -0.4 is 5.32 Å². The third kappa shape index (κ3) is 3.98. The lowest BCUT2D eigenvalue weighted by atomic mass is 9.96. The molecule has 2 N–H and O–H groups in total. The molecule has 0 saturated heterocycles. The van der Waals surface area contributed by atoms with Crippen molar-refractivity contribution in [2.75, 3.05) is 18.5 Å². The molecule has 10 heteroatoms. The Balaban J connectivity index is 1.37. The Morgan fingerprint density at radius 1 is 1.31 bits per heavy atom. The van der Waals surface area contributed by atoms with E-state index < -0.39 is 11.7 Å². The van der Waals surface area contributed by atoms with Crippen LogP contribution in [0.4, 0.5) is 10.2 Å². The number of carbonyl (C=O) groups excluding carboxylic acids is 1. The molecule has 1 aromatic carbocycles. The first kappa shape index (κ1) is 20.7. The minimum absolute atomic E-state index is 0.00679. The van der Waals surface area contributed by atoms with Crippen LogP contribution in [0.2, 0.25) is 0 Å². The molecule has 5 rings (SSSR count). The number of tetrazole rings is 1. The molecule has 1 aliphatic carbocycles. The molecule has 0 bridgehead atoms. The summed E-state index contributed by atoms with van der Waals surface area (Å²) in [5, 5.41) is 23.6.